The van der Waals surface area contributed by atoms with Crippen molar-refractivity contribution >= 4 is 33.2 Å². The molecule has 0 atom stereocenters. The minimum Gasteiger partial charge on any atom is -0.325 e. The number of amides is 1. The SMILES string of the molecule is O=C(CN(Cc1ccc(F)cc1)S(=O)(=O)c1ccccc1)Nc1ccc(Cl)cc1. The van der Waals surface area contributed by atoms with Crippen LogP contribution in [-0.4, -0.2) is 25.2 Å². The Kier molecular flexibility index (Phi) is 6.64. The van der Waals surface area contributed by atoms with Gasteiger partial charge in [0.2, 0.25) is 15.9 Å². The van der Waals surface area contributed by atoms with Crippen molar-refractivity contribution < 1.29 is 17.6 Å². The van der Waals surface area contributed by atoms with E-state index in [1.54, 1.807) is 42.5 Å². The molecule has 29 heavy (non-hydrogen) atoms. The van der Waals surface area contributed by atoms with Gasteiger partial charge in [-0.3, -0.25) is 4.79 Å². The third-order valence-electron chi connectivity index (χ3n) is 4.10. The van der Waals surface area contributed by atoms with Crippen LogP contribution in [0.25, 0.3) is 0 Å². The summed E-state index contributed by atoms with van der Waals surface area (Å²) in [5.41, 5.74) is 1.06. The Bertz CT molecular complexity index is 1070. The van der Waals surface area contributed by atoms with Gasteiger partial charge in [0.15, 0.2) is 0 Å². The van der Waals surface area contributed by atoms with Crippen LogP contribution in [0.4, 0.5) is 10.1 Å². The Morgan fingerprint density at radius 2 is 1.55 bits per heavy atom. The molecule has 0 aliphatic rings. The summed E-state index contributed by atoms with van der Waals surface area (Å²) in [4.78, 5) is 12.6. The Hall–Kier alpha value is -2.74. The van der Waals surface area contributed by atoms with Crippen LogP contribution in [0.15, 0.2) is 83.8 Å². The number of benzene rings is 3. The molecule has 3 aromatic rings. The zero-order valence-corrected chi connectivity index (χ0v) is 16.8. The van der Waals surface area contributed by atoms with Crippen molar-refractivity contribution in [3.05, 3.63) is 95.3 Å². The first-order valence-corrected chi connectivity index (χ1v) is 10.5. The monoisotopic (exact) mass is 432 g/mol. The summed E-state index contributed by atoms with van der Waals surface area (Å²) in [5, 5.41) is 3.18. The summed E-state index contributed by atoms with van der Waals surface area (Å²) in [6.07, 6.45) is 0. The highest BCUT2D eigenvalue weighted by Gasteiger charge is 2.26. The molecule has 0 aliphatic heterocycles. The van der Waals surface area contributed by atoms with Gasteiger partial charge in [-0.2, -0.15) is 4.31 Å². The van der Waals surface area contributed by atoms with Gasteiger partial charge in [-0.25, -0.2) is 12.8 Å². The van der Waals surface area contributed by atoms with E-state index in [0.29, 0.717) is 16.3 Å². The van der Waals surface area contributed by atoms with Crippen molar-refractivity contribution in [1.29, 1.82) is 0 Å². The lowest BCUT2D eigenvalue weighted by Gasteiger charge is -2.22. The molecule has 0 fully saturated rings. The van der Waals surface area contributed by atoms with E-state index in [1.807, 2.05) is 0 Å². The van der Waals surface area contributed by atoms with Gasteiger partial charge in [0.25, 0.3) is 0 Å². The van der Waals surface area contributed by atoms with Crippen molar-refractivity contribution in [2.24, 2.45) is 0 Å². The van der Waals surface area contributed by atoms with Crippen LogP contribution in [-0.2, 0) is 21.4 Å². The maximum absolute atomic E-state index is 13.2. The molecule has 0 saturated carbocycles. The second kappa shape index (κ2) is 9.17. The molecular weight excluding hydrogens is 415 g/mol. The van der Waals surface area contributed by atoms with E-state index in [-0.39, 0.29) is 11.4 Å². The summed E-state index contributed by atoms with van der Waals surface area (Å²) in [7, 11) is -3.95. The largest absolute Gasteiger partial charge is 0.325 e. The molecule has 0 aliphatic carbocycles. The van der Waals surface area contributed by atoms with E-state index in [4.69, 9.17) is 11.6 Å². The molecule has 0 unspecified atom stereocenters. The standard InChI is InChI=1S/C21H18ClFN2O3S/c22-17-8-12-19(13-9-17)24-21(26)15-25(14-16-6-10-18(23)11-7-16)29(27,28)20-4-2-1-3-5-20/h1-13H,14-15H2,(H,24,26). The van der Waals surface area contributed by atoms with Gasteiger partial charge in [-0.15, -0.1) is 0 Å². The zero-order chi connectivity index (χ0) is 20.9. The Labute approximate surface area is 173 Å². The first kappa shape index (κ1) is 21.0. The van der Waals surface area contributed by atoms with E-state index < -0.39 is 28.3 Å². The van der Waals surface area contributed by atoms with Crippen molar-refractivity contribution in [3.63, 3.8) is 0 Å². The summed E-state index contributed by atoms with van der Waals surface area (Å²) in [6, 6.07) is 19.8. The highest BCUT2D eigenvalue weighted by atomic mass is 35.5. The molecule has 0 radical (unpaired) electrons. The number of sulfonamides is 1. The number of carbonyl (C=O) groups is 1. The van der Waals surface area contributed by atoms with Gasteiger partial charge in [-0.05, 0) is 54.1 Å². The lowest BCUT2D eigenvalue weighted by atomic mass is 10.2. The predicted octanol–water partition coefficient (Wildman–Crippen LogP) is 4.31. The molecular formula is C21H18ClFN2O3S. The third kappa shape index (κ3) is 5.63. The van der Waals surface area contributed by atoms with Crippen molar-refractivity contribution in [2.75, 3.05) is 11.9 Å². The minimum absolute atomic E-state index is 0.0707. The number of nitrogens with one attached hydrogen (secondary N) is 1. The maximum atomic E-state index is 13.2. The van der Waals surface area contributed by atoms with Crippen LogP contribution in [0, 0.1) is 5.82 Å². The number of hydrogen-bond acceptors (Lipinski definition) is 3. The lowest BCUT2D eigenvalue weighted by molar-refractivity contribution is -0.116. The van der Waals surface area contributed by atoms with Gasteiger partial charge in [0, 0.05) is 17.3 Å². The number of anilines is 1. The van der Waals surface area contributed by atoms with Gasteiger partial charge in [-0.1, -0.05) is 41.9 Å². The Balaban J connectivity index is 1.84. The molecule has 5 nitrogen and oxygen atoms in total. The summed E-state index contributed by atoms with van der Waals surface area (Å²) < 4.78 is 40.4. The summed E-state index contributed by atoms with van der Waals surface area (Å²) in [6.45, 7) is -0.483. The molecule has 0 spiro atoms. The third-order valence-corrected chi connectivity index (χ3v) is 6.16. The molecule has 1 amide bonds. The lowest BCUT2D eigenvalue weighted by Crippen LogP contribution is -2.37. The average molecular weight is 433 g/mol. The molecule has 3 aromatic carbocycles. The fourth-order valence-corrected chi connectivity index (χ4v) is 4.19. The smallest absolute Gasteiger partial charge is 0.243 e. The van der Waals surface area contributed by atoms with Gasteiger partial charge < -0.3 is 5.32 Å². The number of rotatable bonds is 7. The number of carbonyl (C=O) groups excluding carboxylic acids is 1. The average Bonchev–Trinajstić information content (AvgIpc) is 2.71. The van der Waals surface area contributed by atoms with E-state index in [1.165, 1.54) is 36.4 Å². The summed E-state index contributed by atoms with van der Waals surface area (Å²) >= 11 is 5.83. The highest BCUT2D eigenvalue weighted by Crippen LogP contribution is 2.19. The van der Waals surface area contributed by atoms with Crippen molar-refractivity contribution in [3.8, 4) is 0 Å². The van der Waals surface area contributed by atoms with Crippen LogP contribution >= 0.6 is 11.6 Å². The summed E-state index contributed by atoms with van der Waals surface area (Å²) in [5.74, 6) is -0.930. The van der Waals surface area contributed by atoms with E-state index in [9.17, 15) is 17.6 Å². The molecule has 0 heterocycles. The molecule has 3 rings (SSSR count). The second-order valence-corrected chi connectivity index (χ2v) is 8.64. The first-order chi connectivity index (χ1) is 13.8. The van der Waals surface area contributed by atoms with Gasteiger partial charge in [0.1, 0.15) is 5.82 Å². The molecule has 150 valence electrons. The number of hydrogen-bond donors (Lipinski definition) is 1. The Morgan fingerprint density at radius 1 is 0.931 bits per heavy atom. The molecule has 8 heteroatoms. The zero-order valence-electron chi connectivity index (χ0n) is 15.3. The van der Waals surface area contributed by atoms with Crippen LogP contribution in [0.2, 0.25) is 5.02 Å². The minimum atomic E-state index is -3.95. The molecule has 1 N–H and O–H groups in total. The van der Waals surface area contributed by atoms with E-state index in [0.717, 1.165) is 4.31 Å². The van der Waals surface area contributed by atoms with Crippen LogP contribution in [0.1, 0.15) is 5.56 Å². The van der Waals surface area contributed by atoms with Crippen LogP contribution in [0.3, 0.4) is 0 Å². The number of halogens is 2. The topological polar surface area (TPSA) is 66.5 Å². The van der Waals surface area contributed by atoms with E-state index in [2.05, 4.69) is 5.32 Å². The first-order valence-electron chi connectivity index (χ1n) is 8.70. The molecule has 0 saturated heterocycles. The predicted molar refractivity (Wildman–Crippen MR) is 111 cm³/mol. The maximum Gasteiger partial charge on any atom is 0.243 e. The molecule has 0 bridgehead atoms. The van der Waals surface area contributed by atoms with Gasteiger partial charge in [0.05, 0.1) is 11.4 Å². The van der Waals surface area contributed by atoms with E-state index >= 15 is 0 Å². The van der Waals surface area contributed by atoms with Crippen molar-refractivity contribution in [1.82, 2.24) is 4.31 Å². The van der Waals surface area contributed by atoms with Crippen LogP contribution < -0.4 is 5.32 Å². The normalized spacial score (nSPS) is 11.4. The van der Waals surface area contributed by atoms with Crippen LogP contribution in [0.5, 0.6) is 0 Å². The van der Waals surface area contributed by atoms with Gasteiger partial charge >= 0.3 is 0 Å². The Morgan fingerprint density at radius 3 is 2.17 bits per heavy atom. The quantitative estimate of drug-likeness (QED) is 0.605. The second-order valence-electron chi connectivity index (χ2n) is 6.27. The fraction of sp³-hybridized carbons (Fsp3) is 0.0952. The fourth-order valence-electron chi connectivity index (χ4n) is 2.65. The van der Waals surface area contributed by atoms with Crippen molar-refractivity contribution in [2.45, 2.75) is 11.4 Å². The number of nitrogens with zero attached hydrogens (tertiary/aromatic N) is 1. The molecule has 0 aromatic heterocycles. The highest BCUT2D eigenvalue weighted by molar-refractivity contribution is 7.89.